The van der Waals surface area contributed by atoms with Gasteiger partial charge in [0.15, 0.2) is 0 Å². The highest BCUT2D eigenvalue weighted by atomic mass is 35.5. The van der Waals surface area contributed by atoms with Crippen LogP contribution in [0.25, 0.3) is 22.0 Å². The standard InChI is InChI=1S/C27H22Cl2N4O2/c1-34-26-15-25(22(28)14-23(26)29)32-27-20(16-30)12-19-3-2-18(13-24(19)31-27)17-4-6-21(7-5-17)33-8-10-35-11-9-33/h2-7,12-15H,8-11H2,1H3,(H,31,32). The number of nitrogens with one attached hydrogen (secondary N) is 1. The number of aromatic nitrogens is 1. The van der Waals surface area contributed by atoms with Crippen LogP contribution >= 0.6 is 23.2 Å². The van der Waals surface area contributed by atoms with Gasteiger partial charge in [0.25, 0.3) is 0 Å². The lowest BCUT2D eigenvalue weighted by Gasteiger charge is -2.28. The quantitative estimate of drug-likeness (QED) is 0.327. The Morgan fingerprint density at radius 3 is 2.43 bits per heavy atom. The lowest BCUT2D eigenvalue weighted by molar-refractivity contribution is 0.122. The van der Waals surface area contributed by atoms with E-state index in [1.54, 1.807) is 12.1 Å². The van der Waals surface area contributed by atoms with E-state index in [1.165, 1.54) is 12.8 Å². The van der Waals surface area contributed by atoms with E-state index in [0.717, 1.165) is 48.3 Å². The molecule has 5 rings (SSSR count). The van der Waals surface area contributed by atoms with Crippen LogP contribution in [0, 0.1) is 11.3 Å². The first-order chi connectivity index (χ1) is 17.1. The van der Waals surface area contributed by atoms with Gasteiger partial charge in [-0.2, -0.15) is 5.26 Å². The van der Waals surface area contributed by atoms with E-state index in [2.05, 4.69) is 40.6 Å². The van der Waals surface area contributed by atoms with Gasteiger partial charge in [-0.3, -0.25) is 0 Å². The van der Waals surface area contributed by atoms with Gasteiger partial charge < -0.3 is 19.7 Å². The van der Waals surface area contributed by atoms with Crippen molar-refractivity contribution in [3.8, 4) is 22.9 Å². The van der Waals surface area contributed by atoms with Crippen LogP contribution in [0.4, 0.5) is 17.2 Å². The predicted molar refractivity (Wildman–Crippen MR) is 141 cm³/mol. The molecule has 2 heterocycles. The van der Waals surface area contributed by atoms with Crippen LogP contribution in [0.15, 0.2) is 60.7 Å². The fourth-order valence-electron chi connectivity index (χ4n) is 4.12. The number of anilines is 3. The molecule has 1 saturated heterocycles. The normalized spacial score (nSPS) is 13.5. The van der Waals surface area contributed by atoms with Gasteiger partial charge >= 0.3 is 0 Å². The molecular weight excluding hydrogens is 483 g/mol. The Labute approximate surface area is 213 Å². The van der Waals surface area contributed by atoms with Crippen LogP contribution in [-0.2, 0) is 4.74 Å². The molecule has 1 aliphatic rings. The molecule has 0 amide bonds. The Balaban J connectivity index is 1.48. The van der Waals surface area contributed by atoms with Crippen molar-refractivity contribution in [1.29, 1.82) is 5.26 Å². The summed E-state index contributed by atoms with van der Waals surface area (Å²) in [6.45, 7) is 3.32. The molecule has 6 nitrogen and oxygen atoms in total. The van der Waals surface area contributed by atoms with E-state index in [0.29, 0.717) is 32.9 Å². The summed E-state index contributed by atoms with van der Waals surface area (Å²) in [6.07, 6.45) is 0. The molecule has 0 saturated carbocycles. The third-order valence-electron chi connectivity index (χ3n) is 6.01. The molecule has 1 aliphatic heterocycles. The average Bonchev–Trinajstić information content (AvgIpc) is 2.90. The van der Waals surface area contributed by atoms with E-state index < -0.39 is 0 Å². The summed E-state index contributed by atoms with van der Waals surface area (Å²) in [7, 11) is 1.53. The molecule has 0 radical (unpaired) electrons. The summed E-state index contributed by atoms with van der Waals surface area (Å²) in [5.74, 6) is 0.881. The van der Waals surface area contributed by atoms with Gasteiger partial charge in [0.2, 0.25) is 0 Å². The Morgan fingerprint density at radius 1 is 0.971 bits per heavy atom. The van der Waals surface area contributed by atoms with E-state index in [-0.39, 0.29) is 0 Å². The number of nitrogens with zero attached hydrogens (tertiary/aromatic N) is 3. The van der Waals surface area contributed by atoms with E-state index in [9.17, 15) is 5.26 Å². The zero-order valence-electron chi connectivity index (χ0n) is 19.0. The number of methoxy groups -OCH3 is 1. The minimum atomic E-state index is 0.399. The van der Waals surface area contributed by atoms with Gasteiger partial charge in [-0.25, -0.2) is 4.98 Å². The maximum Gasteiger partial charge on any atom is 0.149 e. The number of nitriles is 1. The minimum Gasteiger partial charge on any atom is -0.495 e. The van der Waals surface area contributed by atoms with Crippen LogP contribution in [0.5, 0.6) is 5.75 Å². The Kier molecular flexibility index (Phi) is 6.65. The average molecular weight is 505 g/mol. The number of ether oxygens (including phenoxy) is 2. The maximum absolute atomic E-state index is 9.72. The smallest absolute Gasteiger partial charge is 0.149 e. The topological polar surface area (TPSA) is 70.4 Å². The second-order valence-electron chi connectivity index (χ2n) is 8.14. The van der Waals surface area contributed by atoms with Crippen molar-refractivity contribution in [2.45, 2.75) is 0 Å². The molecule has 0 unspecified atom stereocenters. The van der Waals surface area contributed by atoms with Crippen LogP contribution in [0.3, 0.4) is 0 Å². The third kappa shape index (κ3) is 4.85. The molecule has 1 aromatic heterocycles. The highest BCUT2D eigenvalue weighted by molar-refractivity contribution is 6.37. The van der Waals surface area contributed by atoms with Crippen LogP contribution in [0.2, 0.25) is 10.0 Å². The monoisotopic (exact) mass is 504 g/mol. The molecule has 4 aromatic rings. The summed E-state index contributed by atoms with van der Waals surface area (Å²) in [5.41, 5.74) is 5.04. The van der Waals surface area contributed by atoms with Gasteiger partial charge in [-0.1, -0.05) is 47.5 Å². The second kappa shape index (κ2) is 10.0. The van der Waals surface area contributed by atoms with Crippen LogP contribution in [0.1, 0.15) is 5.56 Å². The lowest BCUT2D eigenvalue weighted by Crippen LogP contribution is -2.36. The highest BCUT2D eigenvalue weighted by Crippen LogP contribution is 2.36. The first kappa shape index (κ1) is 23.3. The summed E-state index contributed by atoms with van der Waals surface area (Å²) in [4.78, 5) is 7.08. The van der Waals surface area contributed by atoms with E-state index in [1.807, 2.05) is 24.3 Å². The first-order valence-electron chi connectivity index (χ1n) is 11.1. The van der Waals surface area contributed by atoms with Crippen molar-refractivity contribution in [3.63, 3.8) is 0 Å². The van der Waals surface area contributed by atoms with Crippen molar-refractivity contribution in [2.24, 2.45) is 0 Å². The fraction of sp³-hybridized carbons (Fsp3) is 0.185. The summed E-state index contributed by atoms with van der Waals surface area (Å²) in [5, 5.41) is 14.6. The highest BCUT2D eigenvalue weighted by Gasteiger charge is 2.14. The molecule has 176 valence electrons. The first-order valence-corrected chi connectivity index (χ1v) is 11.9. The molecule has 0 spiro atoms. The number of hydrogen-bond acceptors (Lipinski definition) is 6. The number of morpholine rings is 1. The molecule has 0 atom stereocenters. The maximum atomic E-state index is 9.72. The van der Waals surface area contributed by atoms with Gasteiger partial charge in [-0.15, -0.1) is 0 Å². The van der Waals surface area contributed by atoms with Gasteiger partial charge in [0.1, 0.15) is 17.6 Å². The van der Waals surface area contributed by atoms with Crippen molar-refractivity contribution in [3.05, 3.63) is 76.3 Å². The molecule has 35 heavy (non-hydrogen) atoms. The second-order valence-corrected chi connectivity index (χ2v) is 8.96. The number of benzene rings is 3. The van der Waals surface area contributed by atoms with Crippen LogP contribution < -0.4 is 15.0 Å². The molecule has 1 fully saturated rings. The SMILES string of the molecule is COc1cc(Nc2nc3cc(-c4ccc(N5CCOCC5)cc4)ccc3cc2C#N)c(Cl)cc1Cl. The number of rotatable bonds is 5. The number of pyridine rings is 1. The third-order valence-corrected chi connectivity index (χ3v) is 6.62. The molecule has 0 aliphatic carbocycles. The van der Waals surface area contributed by atoms with Crippen LogP contribution in [-0.4, -0.2) is 38.4 Å². The number of halogens is 2. The minimum absolute atomic E-state index is 0.399. The molecule has 3 aromatic carbocycles. The van der Waals surface area contributed by atoms with Gasteiger partial charge in [0, 0.05) is 30.2 Å². The van der Waals surface area contributed by atoms with Gasteiger partial charge in [-0.05, 0) is 41.5 Å². The number of fused-ring (bicyclic) bond motifs is 1. The van der Waals surface area contributed by atoms with E-state index >= 15 is 0 Å². The van der Waals surface area contributed by atoms with Gasteiger partial charge in [0.05, 0.1) is 47.1 Å². The molecular formula is C27H22Cl2N4O2. The van der Waals surface area contributed by atoms with Crippen molar-refractivity contribution in [1.82, 2.24) is 4.98 Å². The fourth-order valence-corrected chi connectivity index (χ4v) is 4.63. The largest absolute Gasteiger partial charge is 0.495 e. The summed E-state index contributed by atoms with van der Waals surface area (Å²) in [6, 6.07) is 21.9. The van der Waals surface area contributed by atoms with Crippen molar-refractivity contribution >= 4 is 51.3 Å². The predicted octanol–water partition coefficient (Wildman–Crippen LogP) is 6.67. The summed E-state index contributed by atoms with van der Waals surface area (Å²) < 4.78 is 10.7. The Bertz CT molecular complexity index is 1430. The summed E-state index contributed by atoms with van der Waals surface area (Å²) >= 11 is 12.5. The molecule has 8 heteroatoms. The zero-order valence-corrected chi connectivity index (χ0v) is 20.5. The zero-order chi connectivity index (χ0) is 24.4. The molecule has 1 N–H and O–H groups in total. The number of hydrogen-bond donors (Lipinski definition) is 1. The molecule has 0 bridgehead atoms. The Hall–Kier alpha value is -3.50. The van der Waals surface area contributed by atoms with Crippen molar-refractivity contribution in [2.75, 3.05) is 43.6 Å². The lowest BCUT2D eigenvalue weighted by atomic mass is 10.0. The van der Waals surface area contributed by atoms with Crippen molar-refractivity contribution < 1.29 is 9.47 Å². The van der Waals surface area contributed by atoms with E-state index in [4.69, 9.17) is 37.7 Å². The Morgan fingerprint density at radius 2 is 1.71 bits per heavy atom.